The van der Waals surface area contributed by atoms with Gasteiger partial charge < -0.3 is 9.64 Å². The van der Waals surface area contributed by atoms with Gasteiger partial charge in [0.1, 0.15) is 5.60 Å². The maximum absolute atomic E-state index is 12.4. The number of Topliss-reactive ketones (excluding diaryl/α,β-unsaturated/α-hetero) is 1. The van der Waals surface area contributed by atoms with E-state index in [-0.39, 0.29) is 6.09 Å². The number of ether oxygens (including phenoxy) is 1. The van der Waals surface area contributed by atoms with E-state index in [1.807, 2.05) is 37.0 Å². The van der Waals surface area contributed by atoms with Gasteiger partial charge in [0, 0.05) is 34.8 Å². The zero-order valence-electron chi connectivity index (χ0n) is 17.2. The molecule has 0 radical (unpaired) electrons. The lowest BCUT2D eigenvalue weighted by Gasteiger charge is -2.34. The second-order valence-corrected chi connectivity index (χ2v) is 9.72. The molecule has 148 valence electrons. The van der Waals surface area contributed by atoms with E-state index in [2.05, 4.69) is 19.9 Å². The molecule has 1 amide bonds. The minimum absolute atomic E-state index is 0.212. The molecule has 2 heterocycles. The smallest absolute Gasteiger partial charge is 0.410 e. The van der Waals surface area contributed by atoms with Crippen molar-refractivity contribution in [1.82, 2.24) is 4.90 Å². The summed E-state index contributed by atoms with van der Waals surface area (Å²) in [6, 6.07) is 0. The molecular weight excluding hydrogens is 358 g/mol. The van der Waals surface area contributed by atoms with Crippen molar-refractivity contribution in [3.8, 4) is 0 Å². The lowest BCUT2D eigenvalue weighted by Crippen LogP contribution is -2.41. The molecule has 4 nitrogen and oxygen atoms in total. The van der Waals surface area contributed by atoms with Crippen LogP contribution in [0.15, 0.2) is 6.08 Å². The Hall–Kier alpha value is -1.62. The van der Waals surface area contributed by atoms with Crippen LogP contribution < -0.4 is 0 Å². The first-order chi connectivity index (χ1) is 12.7. The highest BCUT2D eigenvalue weighted by atomic mass is 32.1. The molecule has 1 aromatic rings. The standard InChI is InChI=1S/C22H31NO3S/c1-6-16(20-14(2)19-17(24)8-7-9-18(19)27-20)15-10-12-23(13-11-15)21(25)26-22(3,4)5/h6,15H,7-13H2,1-5H3/b16-6-. The second-order valence-electron chi connectivity index (χ2n) is 8.62. The predicted octanol–water partition coefficient (Wildman–Crippen LogP) is 5.63. The molecule has 1 aromatic heterocycles. The predicted molar refractivity (Wildman–Crippen MR) is 111 cm³/mol. The van der Waals surface area contributed by atoms with Crippen molar-refractivity contribution in [2.75, 3.05) is 13.1 Å². The number of amides is 1. The molecule has 1 saturated heterocycles. The van der Waals surface area contributed by atoms with Crippen LogP contribution in [-0.2, 0) is 11.2 Å². The lowest BCUT2D eigenvalue weighted by atomic mass is 9.85. The van der Waals surface area contributed by atoms with Crippen LogP contribution in [0.4, 0.5) is 4.79 Å². The van der Waals surface area contributed by atoms with Gasteiger partial charge in [-0.3, -0.25) is 4.79 Å². The normalized spacial score (nSPS) is 19.2. The molecule has 0 saturated carbocycles. The van der Waals surface area contributed by atoms with Gasteiger partial charge in [0.2, 0.25) is 0 Å². The van der Waals surface area contributed by atoms with E-state index in [1.54, 1.807) is 0 Å². The number of nitrogens with zero attached hydrogens (tertiary/aromatic N) is 1. The van der Waals surface area contributed by atoms with Crippen LogP contribution in [0.2, 0.25) is 0 Å². The first kappa shape index (κ1) is 20.1. The Morgan fingerprint density at radius 1 is 1.22 bits per heavy atom. The SMILES string of the molecule is C/C=C(\c1sc2c(c1C)C(=O)CCC2)C1CCN(C(=O)OC(C)(C)C)CC1. The molecule has 0 atom stereocenters. The second kappa shape index (κ2) is 7.78. The number of likely N-dealkylation sites (tertiary alicyclic amines) is 1. The fourth-order valence-electron chi connectivity index (χ4n) is 4.18. The summed E-state index contributed by atoms with van der Waals surface area (Å²) >= 11 is 1.81. The molecule has 0 N–H and O–H groups in total. The first-order valence-electron chi connectivity index (χ1n) is 10.0. The van der Waals surface area contributed by atoms with E-state index in [0.717, 1.165) is 44.3 Å². The minimum Gasteiger partial charge on any atom is -0.444 e. The molecule has 0 unspecified atom stereocenters. The number of carbonyl (C=O) groups is 2. The highest BCUT2D eigenvalue weighted by molar-refractivity contribution is 7.13. The summed E-state index contributed by atoms with van der Waals surface area (Å²) in [5.41, 5.74) is 3.06. The quantitative estimate of drug-likeness (QED) is 0.659. The summed E-state index contributed by atoms with van der Waals surface area (Å²) in [6.45, 7) is 11.3. The average Bonchev–Trinajstić information content (AvgIpc) is 2.93. The molecule has 5 heteroatoms. The van der Waals surface area contributed by atoms with Crippen molar-refractivity contribution >= 4 is 28.8 Å². The Balaban J connectivity index is 1.72. The Labute approximate surface area is 166 Å². The molecule has 0 bridgehead atoms. The van der Waals surface area contributed by atoms with Crippen molar-refractivity contribution in [2.24, 2.45) is 5.92 Å². The number of ketones is 1. The van der Waals surface area contributed by atoms with Crippen molar-refractivity contribution in [2.45, 2.75) is 72.3 Å². The Morgan fingerprint density at radius 2 is 1.89 bits per heavy atom. The number of carbonyl (C=O) groups excluding carboxylic acids is 2. The van der Waals surface area contributed by atoms with Crippen LogP contribution in [-0.4, -0.2) is 35.5 Å². The van der Waals surface area contributed by atoms with Crippen LogP contribution in [0.5, 0.6) is 0 Å². The van der Waals surface area contributed by atoms with Gasteiger partial charge in [-0.05, 0) is 77.4 Å². The molecule has 1 fully saturated rings. The summed E-state index contributed by atoms with van der Waals surface area (Å²) in [5.74, 6) is 0.744. The third-order valence-electron chi connectivity index (χ3n) is 5.47. The van der Waals surface area contributed by atoms with E-state index in [0.29, 0.717) is 18.1 Å². The Bertz CT molecular complexity index is 761. The number of rotatable bonds is 2. The van der Waals surface area contributed by atoms with E-state index >= 15 is 0 Å². The van der Waals surface area contributed by atoms with E-state index in [4.69, 9.17) is 4.74 Å². The van der Waals surface area contributed by atoms with E-state index < -0.39 is 5.60 Å². The summed E-state index contributed by atoms with van der Waals surface area (Å²) in [7, 11) is 0. The summed E-state index contributed by atoms with van der Waals surface area (Å²) in [5, 5.41) is 0. The lowest BCUT2D eigenvalue weighted by molar-refractivity contribution is 0.0199. The van der Waals surface area contributed by atoms with Gasteiger partial charge in [-0.1, -0.05) is 6.08 Å². The fourth-order valence-corrected chi connectivity index (χ4v) is 5.70. The fraction of sp³-hybridized carbons (Fsp3) is 0.636. The number of thiophene rings is 1. The molecule has 1 aliphatic carbocycles. The largest absolute Gasteiger partial charge is 0.444 e. The zero-order valence-corrected chi connectivity index (χ0v) is 18.0. The molecule has 0 spiro atoms. The van der Waals surface area contributed by atoms with Crippen LogP contribution in [0.3, 0.4) is 0 Å². The third-order valence-corrected chi connectivity index (χ3v) is 6.87. The van der Waals surface area contributed by atoms with Crippen LogP contribution in [0.25, 0.3) is 5.57 Å². The number of aryl methyl sites for hydroxylation is 1. The monoisotopic (exact) mass is 389 g/mol. The third kappa shape index (κ3) is 4.29. The molecule has 1 aliphatic heterocycles. The molecular formula is C22H31NO3S. The van der Waals surface area contributed by atoms with Crippen LogP contribution in [0, 0.1) is 12.8 Å². The van der Waals surface area contributed by atoms with Gasteiger partial charge >= 0.3 is 6.09 Å². The average molecular weight is 390 g/mol. The van der Waals surface area contributed by atoms with Gasteiger partial charge in [-0.2, -0.15) is 0 Å². The number of hydrogen-bond acceptors (Lipinski definition) is 4. The van der Waals surface area contributed by atoms with E-state index in [1.165, 1.54) is 20.9 Å². The number of hydrogen-bond donors (Lipinski definition) is 0. The Kier molecular flexibility index (Phi) is 5.80. The van der Waals surface area contributed by atoms with Crippen molar-refractivity contribution in [1.29, 1.82) is 0 Å². The highest BCUT2D eigenvalue weighted by Crippen LogP contribution is 2.42. The summed E-state index contributed by atoms with van der Waals surface area (Å²) in [6.07, 6.45) is 6.57. The van der Waals surface area contributed by atoms with Crippen molar-refractivity contribution in [3.63, 3.8) is 0 Å². The maximum Gasteiger partial charge on any atom is 0.410 e. The Morgan fingerprint density at radius 3 is 2.44 bits per heavy atom. The highest BCUT2D eigenvalue weighted by Gasteiger charge is 2.31. The van der Waals surface area contributed by atoms with Crippen molar-refractivity contribution < 1.29 is 14.3 Å². The topological polar surface area (TPSA) is 46.6 Å². The van der Waals surface area contributed by atoms with Gasteiger partial charge in [-0.15, -0.1) is 11.3 Å². The number of piperidine rings is 1. The molecule has 2 aliphatic rings. The molecule has 27 heavy (non-hydrogen) atoms. The van der Waals surface area contributed by atoms with Crippen molar-refractivity contribution in [3.05, 3.63) is 27.0 Å². The maximum atomic E-state index is 12.4. The number of allylic oxidation sites excluding steroid dienone is 2. The van der Waals surface area contributed by atoms with Gasteiger partial charge in [0.15, 0.2) is 5.78 Å². The molecule has 0 aromatic carbocycles. The van der Waals surface area contributed by atoms with Gasteiger partial charge in [-0.25, -0.2) is 4.79 Å². The minimum atomic E-state index is -0.456. The van der Waals surface area contributed by atoms with Gasteiger partial charge in [0.25, 0.3) is 0 Å². The summed E-state index contributed by atoms with van der Waals surface area (Å²) < 4.78 is 5.51. The first-order valence-corrected chi connectivity index (χ1v) is 10.8. The summed E-state index contributed by atoms with van der Waals surface area (Å²) in [4.78, 5) is 29.1. The van der Waals surface area contributed by atoms with Gasteiger partial charge in [0.05, 0.1) is 0 Å². The van der Waals surface area contributed by atoms with Crippen LogP contribution in [0.1, 0.15) is 79.1 Å². The van der Waals surface area contributed by atoms with Crippen LogP contribution >= 0.6 is 11.3 Å². The van der Waals surface area contributed by atoms with E-state index in [9.17, 15) is 9.59 Å². The zero-order chi connectivity index (χ0) is 19.8. The molecule has 3 rings (SSSR count). The number of fused-ring (bicyclic) bond motifs is 1.